The molecule has 2 heterocycles. The molecule has 26 heavy (non-hydrogen) atoms. The highest BCUT2D eigenvalue weighted by Gasteiger charge is 2.26. The highest BCUT2D eigenvalue weighted by Crippen LogP contribution is 2.11. The van der Waals surface area contributed by atoms with E-state index in [1.54, 1.807) is 22.8 Å². The van der Waals surface area contributed by atoms with E-state index in [0.29, 0.717) is 50.5 Å². The third kappa shape index (κ3) is 5.18. The summed E-state index contributed by atoms with van der Waals surface area (Å²) in [7, 11) is 0. The molecule has 0 aromatic carbocycles. The maximum atomic E-state index is 12.7. The van der Waals surface area contributed by atoms with Crippen LogP contribution in [0.1, 0.15) is 47.4 Å². The summed E-state index contributed by atoms with van der Waals surface area (Å²) >= 11 is 0. The van der Waals surface area contributed by atoms with E-state index in [9.17, 15) is 14.4 Å². The lowest BCUT2D eigenvalue weighted by Gasteiger charge is -2.34. The quantitative estimate of drug-likeness (QED) is 0.775. The molecule has 0 saturated carbocycles. The maximum absolute atomic E-state index is 12.7. The van der Waals surface area contributed by atoms with Crippen LogP contribution in [0.4, 0.5) is 4.79 Å². The number of rotatable bonds is 6. The summed E-state index contributed by atoms with van der Waals surface area (Å²) in [6.07, 6.45) is 4.46. The van der Waals surface area contributed by atoms with E-state index in [2.05, 4.69) is 17.2 Å². The predicted octanol–water partition coefficient (Wildman–Crippen LogP) is 1.53. The first-order valence-corrected chi connectivity index (χ1v) is 9.01. The molecular formula is C18H26N4O4. The lowest BCUT2D eigenvalue weighted by Crippen LogP contribution is -2.50. The number of pyridine rings is 1. The Morgan fingerprint density at radius 1 is 1.08 bits per heavy atom. The fourth-order valence-electron chi connectivity index (χ4n) is 2.65. The van der Waals surface area contributed by atoms with Crippen molar-refractivity contribution in [1.29, 1.82) is 0 Å². The van der Waals surface area contributed by atoms with Crippen molar-refractivity contribution < 1.29 is 19.1 Å². The average Bonchev–Trinajstić information content (AvgIpc) is 2.68. The molecule has 8 nitrogen and oxygen atoms in total. The minimum Gasteiger partial charge on any atom is -0.450 e. The van der Waals surface area contributed by atoms with Crippen molar-refractivity contribution in [3.63, 3.8) is 0 Å². The fraction of sp³-hybridized carbons (Fsp3) is 0.556. The number of piperazine rings is 1. The van der Waals surface area contributed by atoms with Crippen molar-refractivity contribution >= 4 is 17.9 Å². The minimum absolute atomic E-state index is 0.191. The first-order valence-electron chi connectivity index (χ1n) is 9.01. The standard InChI is InChI=1S/C18H26N4O4/c1-3-5-6-20-16(23)14-11-15(13-19-12-14)17(24)21-7-9-22(10-8-21)18(25)26-4-2/h11-13H,3-10H2,1-2H3,(H,20,23). The molecule has 0 aliphatic carbocycles. The van der Waals surface area contributed by atoms with Gasteiger partial charge in [-0.3, -0.25) is 14.6 Å². The average molecular weight is 362 g/mol. The Bertz CT molecular complexity index is 642. The van der Waals surface area contributed by atoms with E-state index < -0.39 is 0 Å². The molecule has 8 heteroatoms. The molecule has 0 atom stereocenters. The van der Waals surface area contributed by atoms with Gasteiger partial charge in [-0.25, -0.2) is 4.79 Å². The monoisotopic (exact) mass is 362 g/mol. The van der Waals surface area contributed by atoms with Crippen molar-refractivity contribution in [3.05, 3.63) is 29.6 Å². The molecule has 1 aromatic heterocycles. The molecule has 142 valence electrons. The van der Waals surface area contributed by atoms with Crippen LogP contribution in [0.15, 0.2) is 18.5 Å². The minimum atomic E-state index is -0.355. The van der Waals surface area contributed by atoms with Crippen LogP contribution in [-0.2, 0) is 4.74 Å². The van der Waals surface area contributed by atoms with Gasteiger partial charge in [-0.1, -0.05) is 13.3 Å². The number of amides is 3. The SMILES string of the molecule is CCCCNC(=O)c1cncc(C(=O)N2CCN(C(=O)OCC)CC2)c1. The second-order valence-electron chi connectivity index (χ2n) is 6.05. The maximum Gasteiger partial charge on any atom is 0.409 e. The van der Waals surface area contributed by atoms with Crippen molar-refractivity contribution in [1.82, 2.24) is 20.1 Å². The Labute approximate surface area is 153 Å². The number of ether oxygens (including phenoxy) is 1. The van der Waals surface area contributed by atoms with E-state index in [1.165, 1.54) is 12.4 Å². The summed E-state index contributed by atoms with van der Waals surface area (Å²) in [6.45, 7) is 6.43. The van der Waals surface area contributed by atoms with Crippen LogP contribution < -0.4 is 5.32 Å². The van der Waals surface area contributed by atoms with Crippen LogP contribution in [0.3, 0.4) is 0 Å². The smallest absolute Gasteiger partial charge is 0.409 e. The van der Waals surface area contributed by atoms with Crippen LogP contribution in [0.25, 0.3) is 0 Å². The van der Waals surface area contributed by atoms with Crippen LogP contribution in [-0.4, -0.2) is 72.0 Å². The summed E-state index contributed by atoms with van der Waals surface area (Å²) < 4.78 is 4.97. The third-order valence-corrected chi connectivity index (χ3v) is 4.16. The Morgan fingerprint density at radius 3 is 2.38 bits per heavy atom. The van der Waals surface area contributed by atoms with Crippen LogP contribution in [0.5, 0.6) is 0 Å². The van der Waals surface area contributed by atoms with Crippen LogP contribution in [0, 0.1) is 0 Å². The van der Waals surface area contributed by atoms with Gasteiger partial charge in [0.2, 0.25) is 0 Å². The van der Waals surface area contributed by atoms with Gasteiger partial charge in [0.1, 0.15) is 0 Å². The van der Waals surface area contributed by atoms with Crippen molar-refractivity contribution in [2.24, 2.45) is 0 Å². The zero-order chi connectivity index (χ0) is 18.9. The lowest BCUT2D eigenvalue weighted by atomic mass is 10.1. The Hall–Kier alpha value is -2.64. The molecule has 1 saturated heterocycles. The molecule has 1 aliphatic rings. The molecule has 0 bridgehead atoms. The van der Waals surface area contributed by atoms with Gasteiger partial charge < -0.3 is 19.9 Å². The lowest BCUT2D eigenvalue weighted by molar-refractivity contribution is 0.0570. The highest BCUT2D eigenvalue weighted by atomic mass is 16.6. The van der Waals surface area contributed by atoms with E-state index in [0.717, 1.165) is 12.8 Å². The van der Waals surface area contributed by atoms with E-state index in [-0.39, 0.29) is 17.9 Å². The van der Waals surface area contributed by atoms with Crippen molar-refractivity contribution in [2.45, 2.75) is 26.7 Å². The molecule has 0 spiro atoms. The van der Waals surface area contributed by atoms with E-state index in [4.69, 9.17) is 4.74 Å². The second-order valence-corrected chi connectivity index (χ2v) is 6.05. The topological polar surface area (TPSA) is 91.8 Å². The molecule has 2 rings (SSSR count). The van der Waals surface area contributed by atoms with Crippen LogP contribution in [0.2, 0.25) is 0 Å². The number of aromatic nitrogens is 1. The van der Waals surface area contributed by atoms with Crippen molar-refractivity contribution in [3.8, 4) is 0 Å². The molecule has 0 unspecified atom stereocenters. The predicted molar refractivity (Wildman–Crippen MR) is 96.0 cm³/mol. The van der Waals surface area contributed by atoms with Gasteiger partial charge in [0.25, 0.3) is 11.8 Å². The van der Waals surface area contributed by atoms with Gasteiger partial charge in [0.05, 0.1) is 17.7 Å². The number of unbranched alkanes of at least 4 members (excludes halogenated alkanes) is 1. The summed E-state index contributed by atoms with van der Waals surface area (Å²) in [6, 6.07) is 1.56. The molecule has 1 aromatic rings. The normalized spacial score (nSPS) is 14.1. The summed E-state index contributed by atoms with van der Waals surface area (Å²) in [5.41, 5.74) is 0.745. The van der Waals surface area contributed by atoms with Gasteiger partial charge in [-0.15, -0.1) is 0 Å². The van der Waals surface area contributed by atoms with E-state index in [1.807, 2.05) is 0 Å². The van der Waals surface area contributed by atoms with Crippen LogP contribution >= 0.6 is 0 Å². The van der Waals surface area contributed by atoms with Crippen molar-refractivity contribution in [2.75, 3.05) is 39.3 Å². The Balaban J connectivity index is 1.95. The number of nitrogens with zero attached hydrogens (tertiary/aromatic N) is 3. The zero-order valence-corrected chi connectivity index (χ0v) is 15.4. The molecule has 1 aliphatic heterocycles. The number of carbonyl (C=O) groups excluding carboxylic acids is 3. The summed E-state index contributed by atoms with van der Waals surface area (Å²) in [5.74, 6) is -0.419. The summed E-state index contributed by atoms with van der Waals surface area (Å²) in [5, 5.41) is 2.81. The van der Waals surface area contributed by atoms with Gasteiger partial charge in [0.15, 0.2) is 0 Å². The number of carbonyl (C=O) groups is 3. The van der Waals surface area contributed by atoms with Gasteiger partial charge in [-0.2, -0.15) is 0 Å². The van der Waals surface area contributed by atoms with E-state index >= 15 is 0 Å². The number of hydrogen-bond donors (Lipinski definition) is 1. The van der Waals surface area contributed by atoms with Gasteiger partial charge >= 0.3 is 6.09 Å². The zero-order valence-electron chi connectivity index (χ0n) is 15.4. The highest BCUT2D eigenvalue weighted by molar-refractivity contribution is 5.99. The molecular weight excluding hydrogens is 336 g/mol. The molecule has 3 amide bonds. The molecule has 0 radical (unpaired) electrons. The van der Waals surface area contributed by atoms with Gasteiger partial charge in [-0.05, 0) is 19.4 Å². The second kappa shape index (κ2) is 9.74. The molecule has 1 N–H and O–H groups in total. The summed E-state index contributed by atoms with van der Waals surface area (Å²) in [4.78, 5) is 43.8. The first kappa shape index (κ1) is 19.7. The number of hydrogen-bond acceptors (Lipinski definition) is 5. The number of nitrogens with one attached hydrogen (secondary N) is 1. The molecule has 1 fully saturated rings. The van der Waals surface area contributed by atoms with Gasteiger partial charge in [0, 0.05) is 45.1 Å². The Morgan fingerprint density at radius 2 is 1.73 bits per heavy atom. The fourth-order valence-corrected chi connectivity index (χ4v) is 2.65. The third-order valence-electron chi connectivity index (χ3n) is 4.16. The largest absolute Gasteiger partial charge is 0.450 e. The Kier molecular flexibility index (Phi) is 7.37. The first-order chi connectivity index (χ1) is 12.6.